The molecule has 0 atom stereocenters. The molecule has 0 unspecified atom stereocenters. The fraction of sp³-hybridized carbons (Fsp3) is 0. The first-order chi connectivity index (χ1) is 41.2. The number of para-hydroxylation sites is 6. The number of nitrogens with zero attached hydrogens (tertiary/aromatic N) is 6. The first-order valence-corrected chi connectivity index (χ1v) is 19.3. The van der Waals surface area contributed by atoms with Crippen molar-refractivity contribution < 1.29 is 32.9 Å². The van der Waals surface area contributed by atoms with Crippen LogP contribution in [0, 0.1) is 0 Å². The maximum Gasteiger partial charge on any atom is 0.164 e. The van der Waals surface area contributed by atoms with Gasteiger partial charge in [-0.25, -0.2) is 15.0 Å². The second kappa shape index (κ2) is 14.0. The zero-order chi connectivity index (χ0) is 62.3. The van der Waals surface area contributed by atoms with Crippen LogP contribution >= 0.6 is 0 Å². The lowest BCUT2D eigenvalue weighted by molar-refractivity contribution is 1.04. The van der Waals surface area contributed by atoms with Crippen molar-refractivity contribution >= 4 is 65.4 Å². The van der Waals surface area contributed by atoms with Crippen LogP contribution < -0.4 is 0 Å². The minimum atomic E-state index is -0.904. The molecule has 0 radical (unpaired) electrons. The van der Waals surface area contributed by atoms with Gasteiger partial charge in [-0.15, -0.1) is 0 Å². The summed E-state index contributed by atoms with van der Waals surface area (Å²) in [7, 11) is 0. The molecule has 0 aliphatic rings. The van der Waals surface area contributed by atoms with E-state index in [1.54, 1.807) is 60.7 Å². The Balaban J connectivity index is 1.44. The zero-order valence-electron chi connectivity index (χ0n) is 56.1. The van der Waals surface area contributed by atoms with Crippen LogP contribution in [0.3, 0.4) is 0 Å². The van der Waals surface area contributed by atoms with Gasteiger partial charge < -0.3 is 13.7 Å². The molecule has 0 bridgehead atoms. The molecular weight excluding hydrogens is 769 g/mol. The normalized spacial score (nSPS) is 17.1. The average molecular weight is 829 g/mol. The van der Waals surface area contributed by atoms with Crippen LogP contribution in [-0.2, 0) is 0 Å². The summed E-state index contributed by atoms with van der Waals surface area (Å²) in [6.07, 6.45) is 0. The van der Waals surface area contributed by atoms with Crippen LogP contribution in [0.1, 0.15) is 32.9 Å². The third kappa shape index (κ3) is 5.41. The van der Waals surface area contributed by atoms with Crippen LogP contribution in [0.4, 0.5) is 0 Å². The van der Waals surface area contributed by atoms with Gasteiger partial charge in [0.1, 0.15) is 0 Å². The van der Waals surface area contributed by atoms with E-state index in [4.69, 9.17) is 28.7 Å². The fourth-order valence-electron chi connectivity index (χ4n) is 8.21. The first kappa shape index (κ1) is 19.0. The van der Waals surface area contributed by atoms with Crippen LogP contribution in [0.15, 0.2) is 218 Å². The van der Waals surface area contributed by atoms with Gasteiger partial charge in [-0.2, -0.15) is 0 Å². The first-order valence-electron chi connectivity index (χ1n) is 31.3. The van der Waals surface area contributed by atoms with Crippen LogP contribution in [0.5, 0.6) is 0 Å². The Morgan fingerprint density at radius 1 is 0.302 bits per heavy atom. The lowest BCUT2D eigenvalue weighted by Gasteiger charge is -2.23. The number of fused-ring (bicyclic) bond motifs is 9. The largest absolute Gasteiger partial charge is 0.307 e. The Bertz CT molecular complexity index is 4860. The van der Waals surface area contributed by atoms with Crippen LogP contribution in [0.25, 0.3) is 117 Å². The standard InChI is InChI=1S/C57H36N6/c1-3-19-37(20-4-1)55-58-56(38-21-5-2-6-22-38)60-57(59-55)39-35-52(61-46-29-13-7-23-40(46)41-24-8-14-30-47(41)61)54(63-50-33-17-11-27-44(50)45-28-12-18-34-51(45)63)53(36-39)62-48-31-15-9-25-42(48)43-26-10-16-32-49(43)62/h1-36H/i7D,8D,9D,10D,11D,12D,13D,14D,15D,16D,17D,18D,23D,24D,25D,26D,27D,28D,29D,30D,31D,32D,33D,34D. The van der Waals surface area contributed by atoms with E-state index in [0.29, 0.717) is 11.1 Å². The molecule has 0 aliphatic carbocycles. The molecule has 0 aliphatic heterocycles. The van der Waals surface area contributed by atoms with Gasteiger partial charge in [0.25, 0.3) is 0 Å². The molecule has 63 heavy (non-hydrogen) atoms. The molecule has 0 spiro atoms. The molecule has 4 heterocycles. The minimum absolute atomic E-state index is 0.0567. The van der Waals surface area contributed by atoms with Crippen molar-refractivity contribution in [3.63, 3.8) is 0 Å². The lowest BCUT2D eigenvalue weighted by Crippen LogP contribution is -2.10. The summed E-state index contributed by atoms with van der Waals surface area (Å²) in [5, 5.41) is -2.87. The molecule has 13 rings (SSSR count). The van der Waals surface area contributed by atoms with Gasteiger partial charge in [0.2, 0.25) is 0 Å². The molecule has 0 saturated carbocycles. The Labute approximate surface area is 395 Å². The van der Waals surface area contributed by atoms with Gasteiger partial charge >= 0.3 is 0 Å². The average Bonchev–Trinajstić information content (AvgIpc) is 1.60. The topological polar surface area (TPSA) is 53.5 Å². The van der Waals surface area contributed by atoms with Crippen LogP contribution in [-0.4, -0.2) is 28.7 Å². The van der Waals surface area contributed by atoms with E-state index in [1.165, 1.54) is 12.1 Å². The summed E-state index contributed by atoms with van der Waals surface area (Å²) >= 11 is 0. The Hall–Kier alpha value is -8.61. The van der Waals surface area contributed by atoms with E-state index in [0.717, 1.165) is 13.7 Å². The molecule has 0 saturated heterocycles. The number of aromatic nitrogens is 6. The highest BCUT2D eigenvalue weighted by atomic mass is 15.1. The molecule has 294 valence electrons. The minimum Gasteiger partial charge on any atom is -0.307 e. The van der Waals surface area contributed by atoms with E-state index in [2.05, 4.69) is 0 Å². The summed E-state index contributed by atoms with van der Waals surface area (Å²) in [5.41, 5.74) is -4.27. The summed E-state index contributed by atoms with van der Waals surface area (Å²) in [6, 6.07) is -0.483. The van der Waals surface area contributed by atoms with Gasteiger partial charge in [0.15, 0.2) is 17.5 Å². The second-order valence-corrected chi connectivity index (χ2v) is 14.2. The van der Waals surface area contributed by atoms with Crippen molar-refractivity contribution in [2.45, 2.75) is 0 Å². The molecule has 0 N–H and O–H groups in total. The Morgan fingerprint density at radius 3 is 0.889 bits per heavy atom. The summed E-state index contributed by atoms with van der Waals surface area (Å²) < 4.78 is 227. The smallest absolute Gasteiger partial charge is 0.164 e. The van der Waals surface area contributed by atoms with Gasteiger partial charge in [0.05, 0.1) is 83.1 Å². The summed E-state index contributed by atoms with van der Waals surface area (Å²) in [4.78, 5) is 14.8. The van der Waals surface area contributed by atoms with Gasteiger partial charge in [0, 0.05) is 49.0 Å². The predicted molar refractivity (Wildman–Crippen MR) is 259 cm³/mol. The predicted octanol–water partition coefficient (Wildman–Crippen LogP) is 14.2. The Morgan fingerprint density at radius 2 is 0.571 bits per heavy atom. The van der Waals surface area contributed by atoms with Crippen LogP contribution in [0.2, 0.25) is 0 Å². The second-order valence-electron chi connectivity index (χ2n) is 14.2. The van der Waals surface area contributed by atoms with Gasteiger partial charge in [-0.05, 0) is 48.4 Å². The fourth-order valence-corrected chi connectivity index (χ4v) is 8.21. The van der Waals surface area contributed by atoms with Crippen molar-refractivity contribution in [3.05, 3.63) is 218 Å². The quantitative estimate of drug-likeness (QED) is 0.168. The lowest BCUT2D eigenvalue weighted by atomic mass is 10.1. The van der Waals surface area contributed by atoms with E-state index in [9.17, 15) is 19.2 Å². The SMILES string of the molecule is [2H]c1c([2H])c([2H])c2c(c1[2H])c1c([2H])c([2H])c([2H])c([2H])c1n2-c1cc(-c2nc(-c3ccccc3)nc(-c3ccccc3)n2)cc(-n2c3c([2H])c([2H])c([2H])c([2H])c3c3c([2H])c([2H])c([2H])c([2H])c32)c1-n1c2c([2H])c([2H])c([2H])c([2H])c2c2c([2H])c([2H])c([2H])c([2H])c21. The number of rotatable bonds is 6. The molecule has 0 fully saturated rings. The highest BCUT2D eigenvalue weighted by Crippen LogP contribution is 2.44. The van der Waals surface area contributed by atoms with E-state index < -0.39 is 227 Å². The molecule has 4 aromatic heterocycles. The van der Waals surface area contributed by atoms with Crippen molar-refractivity contribution in [1.82, 2.24) is 28.7 Å². The molecular formula is C57H36N6. The van der Waals surface area contributed by atoms with Crippen molar-refractivity contribution in [1.29, 1.82) is 0 Å². The number of hydrogen-bond donors (Lipinski definition) is 0. The molecule has 9 aromatic carbocycles. The number of benzene rings is 9. The molecule has 0 amide bonds. The molecule has 6 nitrogen and oxygen atoms in total. The molecule has 13 aromatic rings. The van der Waals surface area contributed by atoms with Crippen molar-refractivity contribution in [3.8, 4) is 51.2 Å². The van der Waals surface area contributed by atoms with Gasteiger partial charge in [-0.1, -0.05) is 169 Å². The zero-order valence-corrected chi connectivity index (χ0v) is 32.1. The Kier molecular flexibility index (Phi) is 4.21. The third-order valence-electron chi connectivity index (χ3n) is 10.8. The summed E-state index contributed by atoms with van der Waals surface area (Å²) in [5.74, 6) is -0.126. The van der Waals surface area contributed by atoms with E-state index in [1.807, 2.05) is 0 Å². The van der Waals surface area contributed by atoms with E-state index >= 15 is 0 Å². The van der Waals surface area contributed by atoms with E-state index in [-0.39, 0.29) is 23.0 Å². The van der Waals surface area contributed by atoms with Crippen molar-refractivity contribution in [2.75, 3.05) is 0 Å². The molecule has 6 heteroatoms. The maximum absolute atomic E-state index is 9.78. The highest BCUT2D eigenvalue weighted by molar-refractivity contribution is 6.13. The maximum atomic E-state index is 9.78. The monoisotopic (exact) mass is 828 g/mol. The summed E-state index contributed by atoms with van der Waals surface area (Å²) in [6.45, 7) is 0. The third-order valence-corrected chi connectivity index (χ3v) is 10.8. The van der Waals surface area contributed by atoms with Crippen molar-refractivity contribution in [2.24, 2.45) is 0 Å². The number of hydrogen-bond acceptors (Lipinski definition) is 3. The highest BCUT2D eigenvalue weighted by Gasteiger charge is 2.27. The van der Waals surface area contributed by atoms with Gasteiger partial charge in [-0.3, -0.25) is 0 Å².